The van der Waals surface area contributed by atoms with Crippen molar-refractivity contribution in [3.05, 3.63) is 0 Å². The molecule has 2 saturated heterocycles. The molecule has 2 aliphatic rings. The summed E-state index contributed by atoms with van der Waals surface area (Å²) in [5.41, 5.74) is -0.159. The molecule has 0 unspecified atom stereocenters. The zero-order valence-electron chi connectivity index (χ0n) is 32.7. The van der Waals surface area contributed by atoms with E-state index in [9.17, 15) is 0 Å². The second-order valence-corrected chi connectivity index (χ2v) is 18.1. The third-order valence-electron chi connectivity index (χ3n) is 10.2. The molecule has 0 aromatic heterocycles. The molecule has 0 aromatic carbocycles. The summed E-state index contributed by atoms with van der Waals surface area (Å²) in [5.74, 6) is 0. The lowest BCUT2D eigenvalue weighted by Crippen LogP contribution is -2.44. The van der Waals surface area contributed by atoms with Crippen LogP contribution in [-0.2, 0) is 27.4 Å². The minimum atomic E-state index is -1.22. The van der Waals surface area contributed by atoms with Crippen molar-refractivity contribution in [3.63, 3.8) is 0 Å². The summed E-state index contributed by atoms with van der Waals surface area (Å²) in [7, 11) is -1.97. The minimum Gasteiger partial charge on any atom is -0.381 e. The van der Waals surface area contributed by atoms with Gasteiger partial charge in [-0.1, -0.05) is 181 Å². The Balaban J connectivity index is 1.28. The molecule has 0 atom stereocenters. The molecule has 8 heteroatoms. The maximum absolute atomic E-state index is 6.17. The van der Waals surface area contributed by atoms with Crippen molar-refractivity contribution in [2.24, 2.45) is 5.41 Å². The monoisotopic (exact) mass is 733 g/mol. The lowest BCUT2D eigenvalue weighted by molar-refractivity contribution is -0.0655. The van der Waals surface area contributed by atoms with E-state index in [0.29, 0.717) is 26.4 Å². The molecular formula is C41H82O6P2. The van der Waals surface area contributed by atoms with Gasteiger partial charge in [-0.3, -0.25) is 0 Å². The quantitative estimate of drug-likeness (QED) is 0.0472. The number of rotatable bonds is 36. The first-order chi connectivity index (χ1) is 24.3. The summed E-state index contributed by atoms with van der Waals surface area (Å²) >= 11 is 0. The Morgan fingerprint density at radius 1 is 0.388 bits per heavy atom. The molecule has 6 nitrogen and oxygen atoms in total. The third kappa shape index (κ3) is 26.9. The van der Waals surface area contributed by atoms with Crippen LogP contribution in [0, 0.1) is 5.41 Å². The van der Waals surface area contributed by atoms with Crippen LogP contribution in [0.15, 0.2) is 0 Å². The molecule has 0 saturated carbocycles. The van der Waals surface area contributed by atoms with Crippen LogP contribution in [0.5, 0.6) is 0 Å². The van der Waals surface area contributed by atoms with Crippen molar-refractivity contribution in [2.45, 2.75) is 206 Å². The average Bonchev–Trinajstić information content (AvgIpc) is 3.12. The Morgan fingerprint density at radius 3 is 1.12 bits per heavy atom. The predicted octanol–water partition coefficient (Wildman–Crippen LogP) is 14.4. The molecule has 0 amide bonds. The Morgan fingerprint density at radius 2 is 0.714 bits per heavy atom. The standard InChI is InChI=1S/C41H82O6P2/c1-3-5-7-9-11-12-13-14-15-16-17-18-19-23-27-31-35-43-49-46-39-41(40-47-49)37-44-48(45-38-41)36-32-28-24-20-22-26-30-34-42-33-29-25-21-10-8-6-4-2/h3-40H2,1-2H3. The Bertz CT molecular complexity index is 611. The van der Waals surface area contributed by atoms with E-state index >= 15 is 0 Å². The first kappa shape index (κ1) is 45.8. The van der Waals surface area contributed by atoms with E-state index in [1.807, 2.05) is 0 Å². The smallest absolute Gasteiger partial charge is 0.332 e. The average molecular weight is 733 g/mol. The van der Waals surface area contributed by atoms with E-state index in [0.717, 1.165) is 32.4 Å². The zero-order valence-corrected chi connectivity index (χ0v) is 34.5. The molecule has 0 aliphatic carbocycles. The van der Waals surface area contributed by atoms with Gasteiger partial charge in [-0.2, -0.15) is 0 Å². The zero-order chi connectivity index (χ0) is 34.8. The summed E-state index contributed by atoms with van der Waals surface area (Å²) in [6.07, 6.45) is 41.6. The molecule has 292 valence electrons. The second kappa shape index (κ2) is 34.4. The van der Waals surface area contributed by atoms with Crippen molar-refractivity contribution >= 4 is 17.0 Å². The predicted molar refractivity (Wildman–Crippen MR) is 212 cm³/mol. The van der Waals surface area contributed by atoms with E-state index in [1.54, 1.807) is 0 Å². The Labute approximate surface area is 307 Å². The molecule has 1 spiro atoms. The van der Waals surface area contributed by atoms with Crippen LogP contribution in [0.4, 0.5) is 0 Å². The van der Waals surface area contributed by atoms with Gasteiger partial charge in [0, 0.05) is 19.4 Å². The molecule has 49 heavy (non-hydrogen) atoms. The van der Waals surface area contributed by atoms with Gasteiger partial charge in [-0.25, -0.2) is 0 Å². The summed E-state index contributed by atoms with van der Waals surface area (Å²) in [4.78, 5) is 0. The second-order valence-electron chi connectivity index (χ2n) is 15.2. The lowest BCUT2D eigenvalue weighted by atomic mass is 9.93. The summed E-state index contributed by atoms with van der Waals surface area (Å²) < 4.78 is 36.1. The maximum atomic E-state index is 6.17. The van der Waals surface area contributed by atoms with Gasteiger partial charge in [0.15, 0.2) is 8.38 Å². The fourth-order valence-corrected chi connectivity index (χ4v) is 9.62. The molecule has 0 aromatic rings. The van der Waals surface area contributed by atoms with Crippen LogP contribution >= 0.6 is 17.0 Å². The first-order valence-corrected chi connectivity index (χ1v) is 24.0. The highest BCUT2D eigenvalue weighted by molar-refractivity contribution is 7.47. The molecule has 0 bridgehead atoms. The molecule has 0 N–H and O–H groups in total. The SMILES string of the molecule is CCCCCCCCCCCCCCCCCCOP1OCC2(COP(CCCCCCCCCOCCCCCCCCC)OC2)CO1. The van der Waals surface area contributed by atoms with Gasteiger partial charge < -0.3 is 27.4 Å². The third-order valence-corrected chi connectivity index (χ3v) is 12.8. The highest BCUT2D eigenvalue weighted by Crippen LogP contribution is 2.52. The number of ether oxygens (including phenoxy) is 1. The van der Waals surface area contributed by atoms with Crippen LogP contribution in [-0.4, -0.2) is 52.4 Å². The summed E-state index contributed by atoms with van der Waals surface area (Å²) in [6, 6.07) is 0. The molecule has 2 rings (SSSR count). The molecule has 2 fully saturated rings. The number of hydrogen-bond donors (Lipinski definition) is 0. The highest BCUT2D eigenvalue weighted by atomic mass is 31.2. The van der Waals surface area contributed by atoms with Gasteiger partial charge in [-0.15, -0.1) is 0 Å². The van der Waals surface area contributed by atoms with Crippen molar-refractivity contribution in [1.29, 1.82) is 0 Å². The number of hydrogen-bond acceptors (Lipinski definition) is 6. The largest absolute Gasteiger partial charge is 0.381 e. The molecular weight excluding hydrogens is 650 g/mol. The highest BCUT2D eigenvalue weighted by Gasteiger charge is 2.43. The number of unbranched alkanes of at least 4 members (excludes halogenated alkanes) is 27. The van der Waals surface area contributed by atoms with Gasteiger partial charge in [0.25, 0.3) is 0 Å². The van der Waals surface area contributed by atoms with Crippen LogP contribution in [0.2, 0.25) is 0 Å². The Kier molecular flexibility index (Phi) is 32.1. The first-order valence-electron chi connectivity index (χ1n) is 21.6. The van der Waals surface area contributed by atoms with Crippen LogP contribution in [0.25, 0.3) is 0 Å². The molecule has 0 radical (unpaired) electrons. The fourth-order valence-electron chi connectivity index (χ4n) is 6.71. The van der Waals surface area contributed by atoms with Gasteiger partial charge in [0.1, 0.15) is 0 Å². The van der Waals surface area contributed by atoms with Crippen LogP contribution in [0.1, 0.15) is 206 Å². The molecule has 2 heterocycles. The van der Waals surface area contributed by atoms with Crippen LogP contribution in [0.3, 0.4) is 0 Å². The topological polar surface area (TPSA) is 55.4 Å². The van der Waals surface area contributed by atoms with Gasteiger partial charge in [0.05, 0.1) is 38.4 Å². The van der Waals surface area contributed by atoms with E-state index in [-0.39, 0.29) is 5.41 Å². The lowest BCUT2D eigenvalue weighted by Gasteiger charge is -2.42. The van der Waals surface area contributed by atoms with Gasteiger partial charge >= 0.3 is 8.60 Å². The normalized spacial score (nSPS) is 21.2. The van der Waals surface area contributed by atoms with E-state index in [1.165, 1.54) is 186 Å². The van der Waals surface area contributed by atoms with E-state index in [2.05, 4.69) is 13.8 Å². The van der Waals surface area contributed by atoms with Crippen molar-refractivity contribution in [3.8, 4) is 0 Å². The Hall–Kier alpha value is 0.620. The van der Waals surface area contributed by atoms with E-state index < -0.39 is 17.0 Å². The maximum Gasteiger partial charge on any atom is 0.332 e. The fraction of sp³-hybridized carbons (Fsp3) is 1.00. The van der Waals surface area contributed by atoms with Gasteiger partial charge in [-0.05, 0) is 25.7 Å². The summed E-state index contributed by atoms with van der Waals surface area (Å²) in [6.45, 7) is 9.81. The van der Waals surface area contributed by atoms with E-state index in [4.69, 9.17) is 27.4 Å². The van der Waals surface area contributed by atoms with Crippen molar-refractivity contribution in [1.82, 2.24) is 0 Å². The molecule has 2 aliphatic heterocycles. The van der Waals surface area contributed by atoms with Crippen molar-refractivity contribution in [2.75, 3.05) is 52.4 Å². The minimum absolute atomic E-state index is 0.159. The summed E-state index contributed by atoms with van der Waals surface area (Å²) in [5, 5.41) is 0. The van der Waals surface area contributed by atoms with Crippen molar-refractivity contribution < 1.29 is 27.4 Å². The van der Waals surface area contributed by atoms with Crippen LogP contribution < -0.4 is 0 Å². The van der Waals surface area contributed by atoms with Gasteiger partial charge in [0.2, 0.25) is 0 Å².